The van der Waals surface area contributed by atoms with E-state index in [1.165, 1.54) is 0 Å². The minimum absolute atomic E-state index is 0.331. The molecular formula is C7H13NO3. The lowest BCUT2D eigenvalue weighted by molar-refractivity contribution is -0.187. The highest BCUT2D eigenvalue weighted by atomic mass is 16.9. The van der Waals surface area contributed by atoms with E-state index in [0.29, 0.717) is 12.2 Å². The Morgan fingerprint density at radius 3 is 2.73 bits per heavy atom. The number of nitrogens with one attached hydrogen (secondary N) is 1. The van der Waals surface area contributed by atoms with Crippen LogP contribution in [0.2, 0.25) is 0 Å². The van der Waals surface area contributed by atoms with Crippen LogP contribution in [0.3, 0.4) is 0 Å². The number of hydrogen-bond donors (Lipinski definition) is 1. The highest BCUT2D eigenvalue weighted by molar-refractivity contribution is 5.86. The van der Waals surface area contributed by atoms with Gasteiger partial charge in [0.05, 0.1) is 6.61 Å². The molecule has 64 valence electrons. The van der Waals surface area contributed by atoms with E-state index in [1.807, 2.05) is 6.92 Å². The molecule has 0 aromatic rings. The topological polar surface area (TPSA) is 47.6 Å². The van der Waals surface area contributed by atoms with Gasteiger partial charge in [-0.2, -0.15) is 0 Å². The van der Waals surface area contributed by atoms with Crippen molar-refractivity contribution in [3.05, 3.63) is 12.2 Å². The van der Waals surface area contributed by atoms with E-state index >= 15 is 0 Å². The molecule has 0 radical (unpaired) electrons. The SMILES string of the molecule is C=C(C)C(=O)ONOCCC. The van der Waals surface area contributed by atoms with Crippen molar-refractivity contribution >= 4 is 5.97 Å². The fourth-order valence-electron chi connectivity index (χ4n) is 0.298. The Bertz CT molecular complexity index is 145. The van der Waals surface area contributed by atoms with E-state index in [-0.39, 0.29) is 0 Å². The summed E-state index contributed by atoms with van der Waals surface area (Å²) in [6, 6.07) is 0. The average molecular weight is 159 g/mol. The van der Waals surface area contributed by atoms with Crippen LogP contribution in [0.25, 0.3) is 0 Å². The van der Waals surface area contributed by atoms with Crippen LogP contribution < -0.4 is 5.64 Å². The maximum absolute atomic E-state index is 10.6. The summed E-state index contributed by atoms with van der Waals surface area (Å²) in [4.78, 5) is 19.7. The predicted molar refractivity (Wildman–Crippen MR) is 40.3 cm³/mol. The van der Waals surface area contributed by atoms with Gasteiger partial charge in [0.15, 0.2) is 0 Å². The third-order valence-electron chi connectivity index (χ3n) is 0.848. The van der Waals surface area contributed by atoms with Gasteiger partial charge in [0.1, 0.15) is 0 Å². The van der Waals surface area contributed by atoms with Crippen LogP contribution >= 0.6 is 0 Å². The molecule has 0 aliphatic heterocycles. The molecule has 0 amide bonds. The first kappa shape index (κ1) is 10.1. The zero-order chi connectivity index (χ0) is 8.69. The van der Waals surface area contributed by atoms with Crippen molar-refractivity contribution in [3.8, 4) is 0 Å². The molecule has 0 aromatic heterocycles. The smallest absolute Gasteiger partial charge is 0.341 e. The Morgan fingerprint density at radius 2 is 2.27 bits per heavy atom. The van der Waals surface area contributed by atoms with Crippen molar-refractivity contribution in [2.24, 2.45) is 0 Å². The summed E-state index contributed by atoms with van der Waals surface area (Å²) >= 11 is 0. The molecular weight excluding hydrogens is 146 g/mol. The van der Waals surface area contributed by atoms with Gasteiger partial charge in [0, 0.05) is 5.57 Å². The predicted octanol–water partition coefficient (Wildman–Crippen LogP) is 0.952. The third-order valence-corrected chi connectivity index (χ3v) is 0.848. The Kier molecular flexibility index (Phi) is 5.42. The quantitative estimate of drug-likeness (QED) is 0.368. The lowest BCUT2D eigenvalue weighted by Crippen LogP contribution is -2.20. The van der Waals surface area contributed by atoms with E-state index in [0.717, 1.165) is 6.42 Å². The number of carbonyl (C=O) groups is 1. The van der Waals surface area contributed by atoms with Crippen LogP contribution in [-0.2, 0) is 14.5 Å². The van der Waals surface area contributed by atoms with Crippen molar-refractivity contribution in [1.82, 2.24) is 5.64 Å². The zero-order valence-electron chi connectivity index (χ0n) is 6.85. The molecule has 0 heterocycles. The zero-order valence-corrected chi connectivity index (χ0v) is 6.85. The Hall–Kier alpha value is -0.870. The van der Waals surface area contributed by atoms with Crippen molar-refractivity contribution in [2.45, 2.75) is 20.3 Å². The van der Waals surface area contributed by atoms with E-state index in [1.54, 1.807) is 6.92 Å². The standard InChI is InChI=1S/C7H13NO3/c1-4-5-10-8-11-7(9)6(2)3/h8H,2,4-5H2,1,3H3. The van der Waals surface area contributed by atoms with Gasteiger partial charge in [-0.15, -0.1) is 0 Å². The van der Waals surface area contributed by atoms with Gasteiger partial charge in [0.25, 0.3) is 0 Å². The summed E-state index contributed by atoms with van der Waals surface area (Å²) in [5, 5.41) is 0. The Balaban J connectivity index is 3.25. The molecule has 0 aliphatic carbocycles. The first-order valence-electron chi connectivity index (χ1n) is 3.42. The minimum atomic E-state index is -0.513. The monoisotopic (exact) mass is 159 g/mol. The van der Waals surface area contributed by atoms with Gasteiger partial charge in [-0.05, 0) is 19.0 Å². The number of hydrogen-bond acceptors (Lipinski definition) is 4. The maximum Gasteiger partial charge on any atom is 0.354 e. The molecule has 4 nitrogen and oxygen atoms in total. The molecule has 0 rings (SSSR count). The molecule has 0 aliphatic rings. The molecule has 0 fully saturated rings. The van der Waals surface area contributed by atoms with Gasteiger partial charge in [-0.25, -0.2) is 4.79 Å². The van der Waals surface area contributed by atoms with Gasteiger partial charge in [0.2, 0.25) is 0 Å². The minimum Gasteiger partial charge on any atom is -0.341 e. The van der Waals surface area contributed by atoms with Gasteiger partial charge in [-0.1, -0.05) is 13.5 Å². The van der Waals surface area contributed by atoms with E-state index < -0.39 is 5.97 Å². The van der Waals surface area contributed by atoms with Gasteiger partial charge < -0.3 is 4.84 Å². The van der Waals surface area contributed by atoms with E-state index in [9.17, 15) is 4.79 Å². The second-order valence-electron chi connectivity index (χ2n) is 2.10. The van der Waals surface area contributed by atoms with Crippen molar-refractivity contribution in [3.63, 3.8) is 0 Å². The van der Waals surface area contributed by atoms with Crippen LogP contribution in [-0.4, -0.2) is 12.6 Å². The number of rotatable bonds is 5. The molecule has 4 heteroatoms. The molecule has 0 saturated carbocycles. The summed E-state index contributed by atoms with van der Waals surface area (Å²) in [5.41, 5.74) is 2.39. The largest absolute Gasteiger partial charge is 0.354 e. The van der Waals surface area contributed by atoms with Crippen LogP contribution in [0.4, 0.5) is 0 Å². The van der Waals surface area contributed by atoms with Crippen molar-refractivity contribution in [1.29, 1.82) is 0 Å². The summed E-state index contributed by atoms with van der Waals surface area (Å²) in [7, 11) is 0. The normalized spacial score (nSPS) is 9.27. The van der Waals surface area contributed by atoms with Gasteiger partial charge in [-0.3, -0.25) is 4.84 Å². The van der Waals surface area contributed by atoms with Gasteiger partial charge >= 0.3 is 5.97 Å². The first-order chi connectivity index (χ1) is 5.18. The number of carbonyl (C=O) groups excluding carboxylic acids is 1. The van der Waals surface area contributed by atoms with Crippen LogP contribution in [0.15, 0.2) is 12.2 Å². The lowest BCUT2D eigenvalue weighted by atomic mass is 10.4. The molecule has 0 saturated heterocycles. The molecule has 0 atom stereocenters. The molecule has 0 unspecified atom stereocenters. The summed E-state index contributed by atoms with van der Waals surface area (Å²) in [5.74, 6) is -0.513. The Morgan fingerprint density at radius 1 is 1.64 bits per heavy atom. The molecule has 11 heavy (non-hydrogen) atoms. The summed E-state index contributed by atoms with van der Waals surface area (Å²) in [6.07, 6.45) is 0.859. The fourth-order valence-corrected chi connectivity index (χ4v) is 0.298. The second kappa shape index (κ2) is 5.88. The van der Waals surface area contributed by atoms with E-state index in [2.05, 4.69) is 21.9 Å². The molecule has 0 aromatic carbocycles. The van der Waals surface area contributed by atoms with E-state index in [4.69, 9.17) is 0 Å². The second-order valence-corrected chi connectivity index (χ2v) is 2.10. The van der Waals surface area contributed by atoms with Crippen LogP contribution in [0.1, 0.15) is 20.3 Å². The molecule has 0 bridgehead atoms. The highest BCUT2D eigenvalue weighted by Gasteiger charge is 2.01. The van der Waals surface area contributed by atoms with Crippen molar-refractivity contribution in [2.75, 3.05) is 6.61 Å². The summed E-state index contributed by atoms with van der Waals surface area (Å²) < 4.78 is 0. The third kappa shape index (κ3) is 5.57. The Labute approximate surface area is 66.1 Å². The first-order valence-corrected chi connectivity index (χ1v) is 3.42. The molecule has 0 spiro atoms. The van der Waals surface area contributed by atoms with Crippen LogP contribution in [0, 0.1) is 0 Å². The average Bonchev–Trinajstić information content (AvgIpc) is 1.97. The summed E-state index contributed by atoms with van der Waals surface area (Å²) in [6.45, 7) is 7.39. The maximum atomic E-state index is 10.6. The highest BCUT2D eigenvalue weighted by Crippen LogP contribution is 1.88. The van der Waals surface area contributed by atoms with Crippen molar-refractivity contribution < 1.29 is 14.5 Å². The van der Waals surface area contributed by atoms with Crippen LogP contribution in [0.5, 0.6) is 0 Å². The molecule has 1 N–H and O–H groups in total. The lowest BCUT2D eigenvalue weighted by Gasteiger charge is -2.03. The fraction of sp³-hybridized carbons (Fsp3) is 0.571.